The largest absolute Gasteiger partial charge is 0.489 e. The first-order valence-corrected chi connectivity index (χ1v) is 11.0. The minimum absolute atomic E-state index is 0.00578. The predicted octanol–water partition coefficient (Wildman–Crippen LogP) is 3.22. The number of amidine groups is 2. The van der Waals surface area contributed by atoms with Crippen molar-refractivity contribution < 1.29 is 19.0 Å². The highest BCUT2D eigenvalue weighted by Crippen LogP contribution is 2.29. The van der Waals surface area contributed by atoms with E-state index in [0.29, 0.717) is 34.7 Å². The van der Waals surface area contributed by atoms with Crippen molar-refractivity contribution in [1.29, 1.82) is 10.8 Å². The van der Waals surface area contributed by atoms with Crippen molar-refractivity contribution in [1.82, 2.24) is 4.98 Å². The fraction of sp³-hybridized carbons (Fsp3) is 0.231. The Morgan fingerprint density at radius 2 is 1.51 bits per heavy atom. The summed E-state index contributed by atoms with van der Waals surface area (Å²) in [7, 11) is 1.36. The molecule has 0 fully saturated rings. The number of nitrogens with zero attached hydrogens (tertiary/aromatic N) is 1. The van der Waals surface area contributed by atoms with Gasteiger partial charge in [0.25, 0.3) is 0 Å². The van der Waals surface area contributed by atoms with Gasteiger partial charge in [0, 0.05) is 34.9 Å². The molecule has 0 spiro atoms. The summed E-state index contributed by atoms with van der Waals surface area (Å²) < 4.78 is 16.9. The summed E-state index contributed by atoms with van der Waals surface area (Å²) in [5.74, 6) is 0.880. The normalized spacial score (nSPS) is 10.5. The summed E-state index contributed by atoms with van der Waals surface area (Å²) >= 11 is 0. The third-order valence-electron chi connectivity index (χ3n) is 5.42. The molecule has 9 nitrogen and oxygen atoms in total. The lowest BCUT2D eigenvalue weighted by Crippen LogP contribution is -2.12. The minimum atomic E-state index is -0.322. The molecule has 182 valence electrons. The summed E-state index contributed by atoms with van der Waals surface area (Å²) in [5, 5.41) is 15.0. The lowest BCUT2D eigenvalue weighted by Gasteiger charge is -2.18. The van der Waals surface area contributed by atoms with Gasteiger partial charge in [-0.2, -0.15) is 0 Å². The fourth-order valence-electron chi connectivity index (χ4n) is 3.42. The molecule has 35 heavy (non-hydrogen) atoms. The molecule has 0 bridgehead atoms. The Kier molecular flexibility index (Phi) is 8.39. The first-order valence-electron chi connectivity index (χ1n) is 11.0. The van der Waals surface area contributed by atoms with E-state index in [9.17, 15) is 4.79 Å². The molecule has 0 radical (unpaired) electrons. The SMILES string of the molecule is COC(=O)CCc1c(COc2ccc(C(=N)N)cc2)cnc(C)c1OCc1ccc(C(=N)N)cc1. The second-order valence-electron chi connectivity index (χ2n) is 7.88. The molecule has 0 saturated carbocycles. The number of benzene rings is 2. The van der Waals surface area contributed by atoms with Crippen LogP contribution in [0, 0.1) is 17.7 Å². The van der Waals surface area contributed by atoms with E-state index in [1.54, 1.807) is 42.6 Å². The standard InChI is InChI=1S/C26H29N5O4/c1-16-24(35-14-17-3-5-18(6-4-17)25(27)28)22(11-12-23(32)33-2)20(13-31-16)15-34-21-9-7-19(8-10-21)26(29)30/h3-10,13H,11-12,14-15H2,1-2H3,(H3,27,28)(H3,29,30). The molecular weight excluding hydrogens is 446 g/mol. The highest BCUT2D eigenvalue weighted by molar-refractivity contribution is 5.95. The second kappa shape index (κ2) is 11.6. The number of hydrogen-bond donors (Lipinski definition) is 4. The van der Waals surface area contributed by atoms with Gasteiger partial charge in [0.05, 0.1) is 12.8 Å². The van der Waals surface area contributed by atoms with Gasteiger partial charge in [-0.1, -0.05) is 24.3 Å². The topological polar surface area (TPSA) is 157 Å². The average Bonchev–Trinajstić information content (AvgIpc) is 2.86. The Balaban J connectivity index is 1.82. The smallest absolute Gasteiger partial charge is 0.305 e. The molecule has 9 heteroatoms. The number of nitrogens with one attached hydrogen (secondary N) is 2. The molecule has 3 rings (SSSR count). The van der Waals surface area contributed by atoms with Crippen molar-refractivity contribution in [3.63, 3.8) is 0 Å². The van der Waals surface area contributed by atoms with Crippen LogP contribution in [0.25, 0.3) is 0 Å². The Bertz CT molecular complexity index is 1210. The van der Waals surface area contributed by atoms with Gasteiger partial charge in [-0.05, 0) is 43.2 Å². The number of rotatable bonds is 11. The third kappa shape index (κ3) is 6.80. The average molecular weight is 476 g/mol. The van der Waals surface area contributed by atoms with Gasteiger partial charge in [0.2, 0.25) is 0 Å². The number of methoxy groups -OCH3 is 1. The van der Waals surface area contributed by atoms with Crippen LogP contribution in [0.3, 0.4) is 0 Å². The fourth-order valence-corrected chi connectivity index (χ4v) is 3.42. The lowest BCUT2D eigenvalue weighted by atomic mass is 10.0. The summed E-state index contributed by atoms with van der Waals surface area (Å²) in [6.45, 7) is 2.34. The number of carbonyl (C=O) groups excluding carboxylic acids is 1. The van der Waals surface area contributed by atoms with Crippen molar-refractivity contribution in [3.05, 3.63) is 88.2 Å². The highest BCUT2D eigenvalue weighted by atomic mass is 16.5. The van der Waals surface area contributed by atoms with Gasteiger partial charge >= 0.3 is 5.97 Å². The molecule has 0 unspecified atom stereocenters. The number of pyridine rings is 1. The summed E-state index contributed by atoms with van der Waals surface area (Å²) in [6, 6.07) is 14.2. The van der Waals surface area contributed by atoms with Crippen molar-refractivity contribution in [2.75, 3.05) is 7.11 Å². The number of esters is 1. The van der Waals surface area contributed by atoms with E-state index in [1.807, 2.05) is 19.1 Å². The van der Waals surface area contributed by atoms with Gasteiger partial charge in [-0.3, -0.25) is 20.6 Å². The summed E-state index contributed by atoms with van der Waals surface area (Å²) in [6.07, 6.45) is 2.31. The van der Waals surface area contributed by atoms with Crippen LogP contribution in [-0.4, -0.2) is 29.7 Å². The minimum Gasteiger partial charge on any atom is -0.489 e. The maximum atomic E-state index is 11.9. The van der Waals surface area contributed by atoms with Crippen molar-refractivity contribution in [2.24, 2.45) is 11.5 Å². The number of carbonyl (C=O) groups is 1. The zero-order chi connectivity index (χ0) is 25.4. The number of ether oxygens (including phenoxy) is 3. The summed E-state index contributed by atoms with van der Waals surface area (Å²) in [4.78, 5) is 16.3. The first kappa shape index (κ1) is 25.2. The second-order valence-corrected chi connectivity index (χ2v) is 7.88. The number of aromatic nitrogens is 1. The van der Waals surface area contributed by atoms with Gasteiger partial charge in [-0.25, -0.2) is 0 Å². The molecule has 1 heterocycles. The molecule has 1 aromatic heterocycles. The molecule has 0 aliphatic heterocycles. The maximum Gasteiger partial charge on any atom is 0.305 e. The molecule has 6 N–H and O–H groups in total. The van der Waals surface area contributed by atoms with Crippen LogP contribution in [-0.2, 0) is 29.2 Å². The molecule has 0 aliphatic carbocycles. The van der Waals surface area contributed by atoms with Crippen molar-refractivity contribution in [2.45, 2.75) is 33.0 Å². The Morgan fingerprint density at radius 1 is 0.914 bits per heavy atom. The molecular formula is C26H29N5O4. The van der Waals surface area contributed by atoms with Gasteiger partial charge < -0.3 is 25.7 Å². The molecule has 3 aromatic rings. The zero-order valence-corrected chi connectivity index (χ0v) is 19.8. The number of aryl methyl sites for hydroxylation is 1. The maximum absolute atomic E-state index is 11.9. The van der Waals surface area contributed by atoms with Crippen molar-refractivity contribution in [3.8, 4) is 11.5 Å². The van der Waals surface area contributed by atoms with Crippen LogP contribution >= 0.6 is 0 Å². The van der Waals surface area contributed by atoms with Gasteiger partial charge in [0.15, 0.2) is 0 Å². The molecule has 0 aliphatic rings. The van der Waals surface area contributed by atoms with E-state index < -0.39 is 0 Å². The zero-order valence-electron chi connectivity index (χ0n) is 19.8. The number of hydrogen-bond acceptors (Lipinski definition) is 7. The highest BCUT2D eigenvalue weighted by Gasteiger charge is 2.17. The van der Waals surface area contributed by atoms with E-state index in [1.165, 1.54) is 7.11 Å². The monoisotopic (exact) mass is 475 g/mol. The van der Waals surface area contributed by atoms with E-state index in [0.717, 1.165) is 16.7 Å². The summed E-state index contributed by atoms with van der Waals surface area (Å²) in [5.41, 5.74) is 15.5. The number of nitrogen functional groups attached to an aromatic ring is 2. The van der Waals surface area contributed by atoms with Crippen LogP contribution in [0.5, 0.6) is 11.5 Å². The predicted molar refractivity (Wildman–Crippen MR) is 133 cm³/mol. The molecule has 0 saturated heterocycles. The number of nitrogens with two attached hydrogens (primary N) is 2. The van der Waals surface area contributed by atoms with Crippen LogP contribution < -0.4 is 20.9 Å². The lowest BCUT2D eigenvalue weighted by molar-refractivity contribution is -0.140. The van der Waals surface area contributed by atoms with E-state index in [2.05, 4.69) is 4.98 Å². The van der Waals surface area contributed by atoms with Gasteiger partial charge in [0.1, 0.15) is 36.4 Å². The van der Waals surface area contributed by atoms with Crippen LogP contribution in [0.15, 0.2) is 54.7 Å². The molecule has 0 amide bonds. The van der Waals surface area contributed by atoms with Crippen molar-refractivity contribution >= 4 is 17.6 Å². The molecule has 2 aromatic carbocycles. The Labute approximate surface area is 204 Å². The van der Waals surface area contributed by atoms with Crippen LogP contribution in [0.1, 0.15) is 39.9 Å². The Hall–Kier alpha value is -4.40. The molecule has 0 atom stereocenters. The first-order chi connectivity index (χ1) is 16.8. The van der Waals surface area contributed by atoms with Gasteiger partial charge in [-0.15, -0.1) is 0 Å². The van der Waals surface area contributed by atoms with Crippen LogP contribution in [0.4, 0.5) is 0 Å². The van der Waals surface area contributed by atoms with E-state index >= 15 is 0 Å². The quantitative estimate of drug-likeness (QED) is 0.188. The van der Waals surface area contributed by atoms with E-state index in [4.69, 9.17) is 36.5 Å². The third-order valence-corrected chi connectivity index (χ3v) is 5.42. The van der Waals surface area contributed by atoms with E-state index in [-0.39, 0.29) is 37.3 Å². The Morgan fingerprint density at radius 3 is 2.09 bits per heavy atom. The van der Waals surface area contributed by atoms with Crippen LogP contribution in [0.2, 0.25) is 0 Å².